The summed E-state index contributed by atoms with van der Waals surface area (Å²) in [6.07, 6.45) is 0. The predicted molar refractivity (Wildman–Crippen MR) is 92.5 cm³/mol. The molecule has 0 saturated carbocycles. The van der Waals surface area contributed by atoms with E-state index in [4.69, 9.17) is 9.84 Å². The zero-order valence-electron chi connectivity index (χ0n) is 13.7. The van der Waals surface area contributed by atoms with Crippen LogP contribution in [-0.4, -0.2) is 38.3 Å². The maximum atomic E-state index is 12.3. The normalized spacial score (nSPS) is 10.3. The maximum absolute atomic E-state index is 12.3. The number of aliphatic hydroxyl groups excluding tert-OH is 1. The maximum Gasteiger partial charge on any atom is 0.255 e. The number of aryl methyl sites for hydroxylation is 1. The van der Waals surface area contributed by atoms with Gasteiger partial charge in [-0.3, -0.25) is 4.79 Å². The van der Waals surface area contributed by atoms with Gasteiger partial charge in [-0.05, 0) is 48.9 Å². The quantitative estimate of drug-likeness (QED) is 0.860. The molecule has 0 radical (unpaired) electrons. The van der Waals surface area contributed by atoms with Crippen LogP contribution in [0, 0.1) is 6.92 Å². The first-order valence-electron chi connectivity index (χ1n) is 7.43. The Kier molecular flexibility index (Phi) is 5.60. The highest BCUT2D eigenvalue weighted by Crippen LogP contribution is 2.21. The molecule has 0 atom stereocenters. The Morgan fingerprint density at radius 3 is 2.52 bits per heavy atom. The number of hydrogen-bond donors (Lipinski definition) is 2. The SMILES string of the molecule is COc1cc(C(=O)Nc2ccc(N(C)CCO)cc2)ccc1C. The number of benzene rings is 2. The Bertz CT molecular complexity index is 668. The molecule has 0 aliphatic heterocycles. The first kappa shape index (κ1) is 16.8. The summed E-state index contributed by atoms with van der Waals surface area (Å²) in [4.78, 5) is 14.2. The summed E-state index contributed by atoms with van der Waals surface area (Å²) in [5, 5.41) is 11.8. The second-order valence-corrected chi connectivity index (χ2v) is 5.33. The van der Waals surface area contributed by atoms with E-state index in [1.165, 1.54) is 0 Å². The number of carbonyl (C=O) groups is 1. The summed E-state index contributed by atoms with van der Waals surface area (Å²) in [7, 11) is 3.49. The zero-order chi connectivity index (χ0) is 16.8. The molecule has 2 rings (SSSR count). The minimum Gasteiger partial charge on any atom is -0.496 e. The van der Waals surface area contributed by atoms with E-state index in [1.54, 1.807) is 19.2 Å². The van der Waals surface area contributed by atoms with Crippen LogP contribution in [0.25, 0.3) is 0 Å². The van der Waals surface area contributed by atoms with E-state index in [2.05, 4.69) is 5.32 Å². The van der Waals surface area contributed by atoms with Crippen molar-refractivity contribution in [3.05, 3.63) is 53.6 Å². The highest BCUT2D eigenvalue weighted by atomic mass is 16.5. The molecule has 0 saturated heterocycles. The van der Waals surface area contributed by atoms with E-state index >= 15 is 0 Å². The highest BCUT2D eigenvalue weighted by Gasteiger charge is 2.09. The molecule has 0 aliphatic rings. The Balaban J connectivity index is 2.08. The van der Waals surface area contributed by atoms with Crippen LogP contribution in [-0.2, 0) is 0 Å². The average Bonchev–Trinajstić information content (AvgIpc) is 2.56. The van der Waals surface area contributed by atoms with E-state index in [0.29, 0.717) is 17.9 Å². The van der Waals surface area contributed by atoms with Gasteiger partial charge >= 0.3 is 0 Å². The number of hydrogen-bond acceptors (Lipinski definition) is 4. The third-order valence-electron chi connectivity index (χ3n) is 3.67. The van der Waals surface area contributed by atoms with Crippen LogP contribution in [0.4, 0.5) is 11.4 Å². The van der Waals surface area contributed by atoms with Crippen LogP contribution in [0.1, 0.15) is 15.9 Å². The van der Waals surface area contributed by atoms with Gasteiger partial charge in [0, 0.05) is 30.5 Å². The van der Waals surface area contributed by atoms with Crippen molar-refractivity contribution in [2.75, 3.05) is 37.5 Å². The van der Waals surface area contributed by atoms with Gasteiger partial charge in [-0.1, -0.05) is 6.07 Å². The van der Waals surface area contributed by atoms with Crippen molar-refractivity contribution in [3.63, 3.8) is 0 Å². The van der Waals surface area contributed by atoms with Crippen molar-refractivity contribution in [1.29, 1.82) is 0 Å². The number of amides is 1. The molecule has 5 heteroatoms. The van der Waals surface area contributed by atoms with Gasteiger partial charge in [0.25, 0.3) is 5.91 Å². The second kappa shape index (κ2) is 7.65. The molecule has 5 nitrogen and oxygen atoms in total. The molecule has 0 heterocycles. The van der Waals surface area contributed by atoms with E-state index in [9.17, 15) is 4.79 Å². The lowest BCUT2D eigenvalue weighted by Gasteiger charge is -2.18. The standard InChI is InChI=1S/C18H22N2O3/c1-13-4-5-14(12-17(13)23-3)18(22)19-15-6-8-16(9-7-15)20(2)10-11-21/h4-9,12,21H,10-11H2,1-3H3,(H,19,22). The Morgan fingerprint density at radius 1 is 1.22 bits per heavy atom. The minimum absolute atomic E-state index is 0.101. The number of nitrogens with zero attached hydrogens (tertiary/aromatic N) is 1. The highest BCUT2D eigenvalue weighted by molar-refractivity contribution is 6.04. The number of ether oxygens (including phenoxy) is 1. The fourth-order valence-electron chi connectivity index (χ4n) is 2.24. The summed E-state index contributed by atoms with van der Waals surface area (Å²) < 4.78 is 5.25. The lowest BCUT2D eigenvalue weighted by molar-refractivity contribution is 0.102. The molecule has 2 N–H and O–H groups in total. The molecule has 1 amide bonds. The number of rotatable bonds is 6. The lowest BCUT2D eigenvalue weighted by Crippen LogP contribution is -2.21. The van der Waals surface area contributed by atoms with Gasteiger partial charge in [0.1, 0.15) is 5.75 Å². The van der Waals surface area contributed by atoms with Crippen LogP contribution < -0.4 is 15.0 Å². The lowest BCUT2D eigenvalue weighted by atomic mass is 10.1. The van der Waals surface area contributed by atoms with Crippen LogP contribution in [0.2, 0.25) is 0 Å². The van der Waals surface area contributed by atoms with Crippen molar-refractivity contribution in [1.82, 2.24) is 0 Å². The van der Waals surface area contributed by atoms with Crippen molar-refractivity contribution < 1.29 is 14.6 Å². The van der Waals surface area contributed by atoms with Crippen LogP contribution in [0.3, 0.4) is 0 Å². The summed E-state index contributed by atoms with van der Waals surface area (Å²) in [5.41, 5.74) is 3.24. The second-order valence-electron chi connectivity index (χ2n) is 5.33. The van der Waals surface area contributed by atoms with Crippen LogP contribution >= 0.6 is 0 Å². The molecule has 23 heavy (non-hydrogen) atoms. The molecule has 0 aliphatic carbocycles. The number of methoxy groups -OCH3 is 1. The molecule has 0 aromatic heterocycles. The summed E-state index contributed by atoms with van der Waals surface area (Å²) in [6.45, 7) is 2.60. The number of carbonyl (C=O) groups excluding carboxylic acids is 1. The van der Waals surface area contributed by atoms with Gasteiger partial charge in [0.2, 0.25) is 0 Å². The van der Waals surface area contributed by atoms with Gasteiger partial charge in [0.15, 0.2) is 0 Å². The summed E-state index contributed by atoms with van der Waals surface area (Å²) >= 11 is 0. The summed E-state index contributed by atoms with van der Waals surface area (Å²) in [6, 6.07) is 12.9. The number of aliphatic hydroxyl groups is 1. The van der Waals surface area contributed by atoms with E-state index in [1.807, 2.05) is 49.2 Å². The van der Waals surface area contributed by atoms with Crippen molar-refractivity contribution in [2.24, 2.45) is 0 Å². The van der Waals surface area contributed by atoms with E-state index in [0.717, 1.165) is 16.9 Å². The van der Waals surface area contributed by atoms with E-state index < -0.39 is 0 Å². The molecule has 0 fully saturated rings. The molecule has 2 aromatic carbocycles. The Labute approximate surface area is 136 Å². The van der Waals surface area contributed by atoms with E-state index in [-0.39, 0.29) is 12.5 Å². The smallest absolute Gasteiger partial charge is 0.255 e. The van der Waals surface area contributed by atoms with Gasteiger partial charge in [-0.15, -0.1) is 0 Å². The fraction of sp³-hybridized carbons (Fsp3) is 0.278. The first-order valence-corrected chi connectivity index (χ1v) is 7.43. The molecule has 2 aromatic rings. The fourth-order valence-corrected chi connectivity index (χ4v) is 2.24. The van der Waals surface area contributed by atoms with Gasteiger partial charge in [-0.2, -0.15) is 0 Å². The molecule has 0 unspecified atom stereocenters. The molecular weight excluding hydrogens is 292 g/mol. The first-order chi connectivity index (χ1) is 11.0. The van der Waals surface area contributed by atoms with Crippen molar-refractivity contribution in [3.8, 4) is 5.75 Å². The van der Waals surface area contributed by atoms with Crippen LogP contribution in [0.15, 0.2) is 42.5 Å². The van der Waals surface area contributed by atoms with Gasteiger partial charge < -0.3 is 20.1 Å². The summed E-state index contributed by atoms with van der Waals surface area (Å²) in [5.74, 6) is 0.512. The van der Waals surface area contributed by atoms with Gasteiger partial charge in [0.05, 0.1) is 13.7 Å². The number of nitrogens with one attached hydrogen (secondary N) is 1. The molecular formula is C18H22N2O3. The van der Waals surface area contributed by atoms with Crippen molar-refractivity contribution >= 4 is 17.3 Å². The Hall–Kier alpha value is -2.53. The average molecular weight is 314 g/mol. The molecule has 0 bridgehead atoms. The largest absolute Gasteiger partial charge is 0.496 e. The van der Waals surface area contributed by atoms with Crippen LogP contribution in [0.5, 0.6) is 5.75 Å². The Morgan fingerprint density at radius 2 is 1.91 bits per heavy atom. The minimum atomic E-state index is -0.181. The topological polar surface area (TPSA) is 61.8 Å². The third kappa shape index (κ3) is 4.23. The number of anilines is 2. The number of likely N-dealkylation sites (N-methyl/N-ethyl adjacent to an activating group) is 1. The molecule has 122 valence electrons. The van der Waals surface area contributed by atoms with Gasteiger partial charge in [-0.25, -0.2) is 0 Å². The molecule has 0 spiro atoms. The third-order valence-corrected chi connectivity index (χ3v) is 3.67. The van der Waals surface area contributed by atoms with Crippen molar-refractivity contribution in [2.45, 2.75) is 6.92 Å². The monoisotopic (exact) mass is 314 g/mol. The zero-order valence-corrected chi connectivity index (χ0v) is 13.7. The predicted octanol–water partition coefficient (Wildman–Crippen LogP) is 2.68.